The Hall–Kier alpha value is -1.55. The van der Waals surface area contributed by atoms with Gasteiger partial charge in [-0.15, -0.1) is 0 Å². The molecule has 0 spiro atoms. The van der Waals surface area contributed by atoms with Crippen molar-refractivity contribution in [1.29, 1.82) is 0 Å². The minimum Gasteiger partial charge on any atom is -0.497 e. The third-order valence-electron chi connectivity index (χ3n) is 1.98. The zero-order valence-corrected chi connectivity index (χ0v) is 8.15. The molecule has 0 aromatic heterocycles. The molecule has 3 N–H and O–H groups in total. The molecule has 1 aromatic carbocycles. The van der Waals surface area contributed by atoms with Crippen LogP contribution in [0.4, 0.5) is 0 Å². The highest BCUT2D eigenvalue weighted by molar-refractivity contribution is 5.89. The molecule has 14 heavy (non-hydrogen) atoms. The predicted octanol–water partition coefficient (Wildman–Crippen LogP) is 1.41. The minimum absolute atomic E-state index is 0.223. The first-order valence-corrected chi connectivity index (χ1v) is 4.23. The Morgan fingerprint density at radius 2 is 2.21 bits per heavy atom. The van der Waals surface area contributed by atoms with E-state index in [-0.39, 0.29) is 11.6 Å². The quantitative estimate of drug-likeness (QED) is 0.764. The first kappa shape index (κ1) is 10.5. The van der Waals surface area contributed by atoms with Crippen molar-refractivity contribution in [2.75, 3.05) is 7.11 Å². The number of aromatic carboxylic acids is 1. The highest BCUT2D eigenvalue weighted by Crippen LogP contribution is 2.22. The molecule has 4 heteroatoms. The molecule has 0 unspecified atom stereocenters. The zero-order chi connectivity index (χ0) is 10.7. The van der Waals surface area contributed by atoms with Crippen LogP contribution in [0.15, 0.2) is 18.2 Å². The first-order chi connectivity index (χ1) is 6.56. The van der Waals surface area contributed by atoms with Crippen LogP contribution in [0.2, 0.25) is 0 Å². The van der Waals surface area contributed by atoms with Crippen LogP contribution >= 0.6 is 0 Å². The number of hydrogen-bond acceptors (Lipinski definition) is 3. The summed E-state index contributed by atoms with van der Waals surface area (Å²) >= 11 is 0. The molecule has 1 aromatic rings. The monoisotopic (exact) mass is 195 g/mol. The Bertz CT molecular complexity index is 347. The van der Waals surface area contributed by atoms with E-state index in [2.05, 4.69) is 0 Å². The maximum Gasteiger partial charge on any atom is 0.336 e. The summed E-state index contributed by atoms with van der Waals surface area (Å²) in [7, 11) is 1.53. The second-order valence-electron chi connectivity index (χ2n) is 3.05. The smallest absolute Gasteiger partial charge is 0.336 e. The van der Waals surface area contributed by atoms with Gasteiger partial charge in [0, 0.05) is 6.04 Å². The topological polar surface area (TPSA) is 72.5 Å². The summed E-state index contributed by atoms with van der Waals surface area (Å²) in [5.74, 6) is -0.359. The van der Waals surface area contributed by atoms with Crippen LogP contribution in [-0.4, -0.2) is 18.2 Å². The highest BCUT2D eigenvalue weighted by atomic mass is 16.5. The van der Waals surface area contributed by atoms with Gasteiger partial charge in [-0.2, -0.15) is 0 Å². The summed E-state index contributed by atoms with van der Waals surface area (Å²) in [5, 5.41) is 8.88. The molecule has 0 radical (unpaired) electrons. The number of ether oxygens (including phenoxy) is 1. The molecule has 0 heterocycles. The lowest BCUT2D eigenvalue weighted by Crippen LogP contribution is -2.11. The normalized spacial score (nSPS) is 12.2. The van der Waals surface area contributed by atoms with E-state index in [1.54, 1.807) is 19.1 Å². The van der Waals surface area contributed by atoms with Crippen LogP contribution in [0.1, 0.15) is 28.9 Å². The van der Waals surface area contributed by atoms with E-state index in [0.717, 1.165) is 0 Å². The predicted molar refractivity (Wildman–Crippen MR) is 52.6 cm³/mol. The van der Waals surface area contributed by atoms with Crippen LogP contribution in [0.5, 0.6) is 5.75 Å². The SMILES string of the molecule is COc1ccc(C(=O)O)c([C@@H](C)N)c1. The molecular weight excluding hydrogens is 182 g/mol. The van der Waals surface area contributed by atoms with Crippen molar-refractivity contribution in [3.05, 3.63) is 29.3 Å². The lowest BCUT2D eigenvalue weighted by Gasteiger charge is -2.11. The van der Waals surface area contributed by atoms with Crippen molar-refractivity contribution in [3.63, 3.8) is 0 Å². The largest absolute Gasteiger partial charge is 0.497 e. The fraction of sp³-hybridized carbons (Fsp3) is 0.300. The van der Waals surface area contributed by atoms with Crippen LogP contribution in [0.25, 0.3) is 0 Å². The molecule has 4 nitrogen and oxygen atoms in total. The molecule has 0 aliphatic rings. The summed E-state index contributed by atoms with van der Waals surface area (Å²) < 4.78 is 4.99. The summed E-state index contributed by atoms with van der Waals surface area (Å²) in [6.07, 6.45) is 0. The molecule has 0 bridgehead atoms. The van der Waals surface area contributed by atoms with Crippen molar-refractivity contribution in [1.82, 2.24) is 0 Å². The molecule has 76 valence electrons. The molecule has 1 rings (SSSR count). The number of carboxylic acids is 1. The summed E-state index contributed by atoms with van der Waals surface area (Å²) in [6, 6.07) is 4.43. The number of carbonyl (C=O) groups is 1. The summed E-state index contributed by atoms with van der Waals surface area (Å²) in [5.41, 5.74) is 6.46. The number of hydrogen-bond donors (Lipinski definition) is 2. The van der Waals surface area contributed by atoms with Gasteiger partial charge in [-0.25, -0.2) is 4.79 Å². The third-order valence-corrected chi connectivity index (χ3v) is 1.98. The van der Waals surface area contributed by atoms with E-state index in [9.17, 15) is 4.79 Å². The maximum atomic E-state index is 10.8. The van der Waals surface area contributed by atoms with E-state index < -0.39 is 5.97 Å². The van der Waals surface area contributed by atoms with Crippen molar-refractivity contribution in [2.24, 2.45) is 5.73 Å². The minimum atomic E-state index is -0.972. The van der Waals surface area contributed by atoms with Crippen molar-refractivity contribution in [3.8, 4) is 5.75 Å². The van der Waals surface area contributed by atoms with Gasteiger partial charge in [-0.05, 0) is 30.7 Å². The van der Waals surface area contributed by atoms with E-state index >= 15 is 0 Å². The Kier molecular flexibility index (Phi) is 3.09. The van der Waals surface area contributed by atoms with E-state index in [1.165, 1.54) is 13.2 Å². The van der Waals surface area contributed by atoms with Gasteiger partial charge in [0.05, 0.1) is 12.7 Å². The van der Waals surface area contributed by atoms with Crippen LogP contribution < -0.4 is 10.5 Å². The Labute approximate surface area is 82.3 Å². The molecular formula is C10H13NO3. The molecule has 0 aliphatic heterocycles. The van der Waals surface area contributed by atoms with Gasteiger partial charge in [0.1, 0.15) is 5.75 Å². The summed E-state index contributed by atoms with van der Waals surface area (Å²) in [6.45, 7) is 1.74. The first-order valence-electron chi connectivity index (χ1n) is 4.23. The molecule has 0 fully saturated rings. The Morgan fingerprint density at radius 3 is 2.64 bits per heavy atom. The van der Waals surface area contributed by atoms with Crippen LogP contribution in [-0.2, 0) is 0 Å². The fourth-order valence-corrected chi connectivity index (χ4v) is 1.24. The second kappa shape index (κ2) is 4.11. The molecule has 0 saturated carbocycles. The Morgan fingerprint density at radius 1 is 1.57 bits per heavy atom. The molecule has 0 saturated heterocycles. The lowest BCUT2D eigenvalue weighted by atomic mass is 10.0. The zero-order valence-electron chi connectivity index (χ0n) is 8.15. The summed E-state index contributed by atoms with van der Waals surface area (Å²) in [4.78, 5) is 10.8. The van der Waals surface area contributed by atoms with Gasteiger partial charge in [0.15, 0.2) is 0 Å². The van der Waals surface area contributed by atoms with Gasteiger partial charge in [-0.1, -0.05) is 0 Å². The second-order valence-corrected chi connectivity index (χ2v) is 3.05. The highest BCUT2D eigenvalue weighted by Gasteiger charge is 2.13. The molecule has 0 amide bonds. The van der Waals surface area contributed by atoms with E-state index in [1.807, 2.05) is 0 Å². The average molecular weight is 195 g/mol. The third kappa shape index (κ3) is 2.03. The van der Waals surface area contributed by atoms with Gasteiger partial charge in [0.2, 0.25) is 0 Å². The van der Waals surface area contributed by atoms with Gasteiger partial charge >= 0.3 is 5.97 Å². The van der Waals surface area contributed by atoms with Gasteiger partial charge in [-0.3, -0.25) is 0 Å². The van der Waals surface area contributed by atoms with E-state index in [0.29, 0.717) is 11.3 Å². The number of benzene rings is 1. The van der Waals surface area contributed by atoms with Crippen LogP contribution in [0, 0.1) is 0 Å². The van der Waals surface area contributed by atoms with Crippen molar-refractivity contribution < 1.29 is 14.6 Å². The maximum absolute atomic E-state index is 10.8. The van der Waals surface area contributed by atoms with Crippen molar-refractivity contribution in [2.45, 2.75) is 13.0 Å². The van der Waals surface area contributed by atoms with Gasteiger partial charge in [0.25, 0.3) is 0 Å². The van der Waals surface area contributed by atoms with Crippen molar-refractivity contribution >= 4 is 5.97 Å². The van der Waals surface area contributed by atoms with Gasteiger partial charge < -0.3 is 15.6 Å². The lowest BCUT2D eigenvalue weighted by molar-refractivity contribution is 0.0695. The number of nitrogens with two attached hydrogens (primary N) is 1. The standard InChI is InChI=1S/C10H13NO3/c1-6(11)9-5-7(14-2)3-4-8(9)10(12)13/h3-6H,11H2,1-2H3,(H,12,13)/t6-/m1/s1. The molecule has 1 atom stereocenters. The average Bonchev–Trinajstić information content (AvgIpc) is 2.16. The van der Waals surface area contributed by atoms with Crippen LogP contribution in [0.3, 0.4) is 0 Å². The molecule has 0 aliphatic carbocycles. The number of methoxy groups -OCH3 is 1. The van der Waals surface area contributed by atoms with E-state index in [4.69, 9.17) is 15.6 Å². The Balaban J connectivity index is 3.24. The number of carboxylic acid groups (broad SMARTS) is 1. The number of rotatable bonds is 3. The fourth-order valence-electron chi connectivity index (χ4n) is 1.24.